The first kappa shape index (κ1) is 20.5. The number of ether oxygens (including phenoxy) is 1. The third-order valence-electron chi connectivity index (χ3n) is 4.78. The third kappa shape index (κ3) is 5.40. The van der Waals surface area contributed by atoms with Crippen molar-refractivity contribution < 1.29 is 14.3 Å². The van der Waals surface area contributed by atoms with E-state index in [9.17, 15) is 9.59 Å². The molecule has 0 spiro atoms. The van der Waals surface area contributed by atoms with Crippen LogP contribution in [-0.4, -0.2) is 52.9 Å². The van der Waals surface area contributed by atoms with Gasteiger partial charge in [-0.15, -0.1) is 0 Å². The van der Waals surface area contributed by atoms with E-state index in [0.717, 1.165) is 17.0 Å². The summed E-state index contributed by atoms with van der Waals surface area (Å²) in [7, 11) is 0. The number of aromatic nitrogens is 2. The van der Waals surface area contributed by atoms with Crippen LogP contribution in [0.3, 0.4) is 0 Å². The van der Waals surface area contributed by atoms with Gasteiger partial charge in [-0.2, -0.15) is 0 Å². The molecule has 29 heavy (non-hydrogen) atoms. The first-order chi connectivity index (χ1) is 13.9. The molecule has 0 aliphatic carbocycles. The number of esters is 1. The molecule has 0 bridgehead atoms. The normalized spacial score (nSPS) is 15.8. The molecule has 0 saturated carbocycles. The van der Waals surface area contributed by atoms with Crippen molar-refractivity contribution in [2.45, 2.75) is 26.9 Å². The number of carbonyl (C=O) groups is 2. The molecule has 1 amide bonds. The van der Waals surface area contributed by atoms with Crippen LogP contribution in [0.25, 0.3) is 6.08 Å². The molecular formula is C22H26N4O3. The molecule has 1 saturated heterocycles. The molecule has 1 unspecified atom stereocenters. The largest absolute Gasteiger partial charge is 0.455 e. The molecule has 1 aromatic carbocycles. The molecule has 0 N–H and O–H groups in total. The van der Waals surface area contributed by atoms with Gasteiger partial charge in [0.25, 0.3) is 0 Å². The lowest BCUT2D eigenvalue weighted by molar-refractivity contribution is -0.146. The lowest BCUT2D eigenvalue weighted by atomic mass is 10.1. The van der Waals surface area contributed by atoms with Gasteiger partial charge in [0.1, 0.15) is 5.82 Å². The maximum Gasteiger partial charge on any atom is 0.303 e. The second-order valence-electron chi connectivity index (χ2n) is 7.04. The van der Waals surface area contributed by atoms with Gasteiger partial charge in [-0.1, -0.05) is 30.3 Å². The highest BCUT2D eigenvalue weighted by molar-refractivity contribution is 5.97. The van der Waals surface area contributed by atoms with E-state index in [1.54, 1.807) is 13.1 Å². The molecule has 1 aliphatic rings. The first-order valence-corrected chi connectivity index (χ1v) is 9.72. The monoisotopic (exact) mass is 394 g/mol. The fraction of sp³-hybridized carbons (Fsp3) is 0.364. The Morgan fingerprint density at radius 3 is 2.41 bits per heavy atom. The summed E-state index contributed by atoms with van der Waals surface area (Å²) in [5, 5.41) is 0. The summed E-state index contributed by atoms with van der Waals surface area (Å²) in [6, 6.07) is 11.7. The van der Waals surface area contributed by atoms with E-state index in [4.69, 9.17) is 4.74 Å². The van der Waals surface area contributed by atoms with Gasteiger partial charge in [0.15, 0.2) is 11.9 Å². The number of anilines is 1. The average molecular weight is 394 g/mol. The Morgan fingerprint density at radius 1 is 1.07 bits per heavy atom. The van der Waals surface area contributed by atoms with Crippen LogP contribution in [-0.2, 0) is 14.3 Å². The Hall–Kier alpha value is -3.22. The van der Waals surface area contributed by atoms with Crippen molar-refractivity contribution in [1.29, 1.82) is 0 Å². The standard InChI is InChI=1S/C22H26N4O3/c1-16(15-19-7-5-4-6-8-19)22(28)26-13-11-25(12-14-26)20-9-10-23-21(24-20)17(2)29-18(3)27/h4-10,15,17H,11-14H2,1-3H3/b16-15+. The van der Waals surface area contributed by atoms with Gasteiger partial charge in [0, 0.05) is 44.9 Å². The fourth-order valence-corrected chi connectivity index (χ4v) is 3.29. The molecule has 1 aliphatic heterocycles. The van der Waals surface area contributed by atoms with Crippen molar-refractivity contribution in [2.75, 3.05) is 31.1 Å². The van der Waals surface area contributed by atoms with Gasteiger partial charge in [0.2, 0.25) is 5.91 Å². The number of hydrogen-bond acceptors (Lipinski definition) is 6. The molecular weight excluding hydrogens is 368 g/mol. The maximum absolute atomic E-state index is 12.8. The minimum absolute atomic E-state index is 0.0559. The van der Waals surface area contributed by atoms with Crippen molar-refractivity contribution in [1.82, 2.24) is 14.9 Å². The number of benzene rings is 1. The van der Waals surface area contributed by atoms with Crippen LogP contribution >= 0.6 is 0 Å². The van der Waals surface area contributed by atoms with Crippen LogP contribution in [0.15, 0.2) is 48.2 Å². The highest BCUT2D eigenvalue weighted by Crippen LogP contribution is 2.19. The highest BCUT2D eigenvalue weighted by atomic mass is 16.5. The lowest BCUT2D eigenvalue weighted by Crippen LogP contribution is -2.49. The maximum atomic E-state index is 12.8. The first-order valence-electron chi connectivity index (χ1n) is 9.72. The van der Waals surface area contributed by atoms with Crippen LogP contribution in [0.5, 0.6) is 0 Å². The summed E-state index contributed by atoms with van der Waals surface area (Å²) in [5.41, 5.74) is 1.75. The van der Waals surface area contributed by atoms with Gasteiger partial charge in [-0.05, 0) is 31.6 Å². The molecule has 7 nitrogen and oxygen atoms in total. The molecule has 7 heteroatoms. The van der Waals surface area contributed by atoms with Crippen LogP contribution in [0.4, 0.5) is 5.82 Å². The number of nitrogens with zero attached hydrogens (tertiary/aromatic N) is 4. The second kappa shape index (κ2) is 9.32. The zero-order chi connectivity index (χ0) is 20.8. The van der Waals surface area contributed by atoms with Crippen LogP contribution in [0.2, 0.25) is 0 Å². The van der Waals surface area contributed by atoms with Crippen molar-refractivity contribution in [3.05, 3.63) is 59.6 Å². The molecule has 3 rings (SSSR count). The topological polar surface area (TPSA) is 75.6 Å². The van der Waals surface area contributed by atoms with E-state index < -0.39 is 6.10 Å². The number of amides is 1. The van der Waals surface area contributed by atoms with Crippen molar-refractivity contribution in [3.63, 3.8) is 0 Å². The van der Waals surface area contributed by atoms with Crippen LogP contribution in [0, 0.1) is 0 Å². The van der Waals surface area contributed by atoms with E-state index in [0.29, 0.717) is 32.0 Å². The van der Waals surface area contributed by atoms with Crippen LogP contribution < -0.4 is 4.90 Å². The van der Waals surface area contributed by atoms with Gasteiger partial charge in [-0.3, -0.25) is 9.59 Å². The fourth-order valence-electron chi connectivity index (χ4n) is 3.29. The van der Waals surface area contributed by atoms with E-state index in [-0.39, 0.29) is 11.9 Å². The Labute approximate surface area is 171 Å². The van der Waals surface area contributed by atoms with Crippen molar-refractivity contribution >= 4 is 23.8 Å². The number of rotatable bonds is 5. The molecule has 1 aromatic heterocycles. The van der Waals surface area contributed by atoms with Crippen molar-refractivity contribution in [2.24, 2.45) is 0 Å². The van der Waals surface area contributed by atoms with Crippen molar-refractivity contribution in [3.8, 4) is 0 Å². The summed E-state index contributed by atoms with van der Waals surface area (Å²) < 4.78 is 5.16. The molecule has 2 aromatic rings. The quantitative estimate of drug-likeness (QED) is 0.573. The zero-order valence-corrected chi connectivity index (χ0v) is 17.0. The Kier molecular flexibility index (Phi) is 6.59. The Morgan fingerprint density at radius 2 is 1.76 bits per heavy atom. The number of carbonyl (C=O) groups excluding carboxylic acids is 2. The van der Waals surface area contributed by atoms with Crippen LogP contribution in [0.1, 0.15) is 38.3 Å². The molecule has 152 valence electrons. The molecule has 0 radical (unpaired) electrons. The average Bonchev–Trinajstić information content (AvgIpc) is 2.73. The summed E-state index contributed by atoms with van der Waals surface area (Å²) in [5.74, 6) is 0.938. The zero-order valence-electron chi connectivity index (χ0n) is 17.0. The summed E-state index contributed by atoms with van der Waals surface area (Å²) in [4.78, 5) is 36.6. The minimum Gasteiger partial charge on any atom is -0.455 e. The third-order valence-corrected chi connectivity index (χ3v) is 4.78. The Balaban J connectivity index is 1.61. The smallest absolute Gasteiger partial charge is 0.303 e. The second-order valence-corrected chi connectivity index (χ2v) is 7.04. The predicted molar refractivity (Wildman–Crippen MR) is 111 cm³/mol. The SMILES string of the molecule is CC(=O)OC(C)c1nccc(N2CCN(C(=O)/C(C)=C/c3ccccc3)CC2)n1. The van der Waals surface area contributed by atoms with Gasteiger partial charge >= 0.3 is 5.97 Å². The Bertz CT molecular complexity index is 890. The summed E-state index contributed by atoms with van der Waals surface area (Å²) >= 11 is 0. The van der Waals surface area contributed by atoms with E-state index in [1.807, 2.05) is 54.3 Å². The molecule has 1 atom stereocenters. The molecule has 1 fully saturated rings. The highest BCUT2D eigenvalue weighted by Gasteiger charge is 2.23. The van der Waals surface area contributed by atoms with Gasteiger partial charge in [-0.25, -0.2) is 9.97 Å². The summed E-state index contributed by atoms with van der Waals surface area (Å²) in [6.07, 6.45) is 3.09. The number of hydrogen-bond donors (Lipinski definition) is 0. The summed E-state index contributed by atoms with van der Waals surface area (Å²) in [6.45, 7) is 7.58. The number of piperazine rings is 1. The lowest BCUT2D eigenvalue weighted by Gasteiger charge is -2.35. The molecule has 2 heterocycles. The minimum atomic E-state index is -0.499. The van der Waals surface area contributed by atoms with Gasteiger partial charge < -0.3 is 14.5 Å². The van der Waals surface area contributed by atoms with E-state index in [1.165, 1.54) is 6.92 Å². The van der Waals surface area contributed by atoms with Gasteiger partial charge in [0.05, 0.1) is 0 Å². The van der Waals surface area contributed by atoms with E-state index in [2.05, 4.69) is 14.9 Å². The predicted octanol–water partition coefficient (Wildman–Crippen LogP) is 2.85. The van der Waals surface area contributed by atoms with E-state index >= 15 is 0 Å².